The number of aryl methyl sites for hydroxylation is 1. The van der Waals surface area contributed by atoms with E-state index in [0.29, 0.717) is 11.8 Å². The molecule has 0 aliphatic heterocycles. The zero-order valence-corrected chi connectivity index (χ0v) is 11.0. The zero-order chi connectivity index (χ0) is 15.5. The quantitative estimate of drug-likeness (QED) is 0.496. The second kappa shape index (κ2) is 6.29. The van der Waals surface area contributed by atoms with Gasteiger partial charge in [0.25, 0.3) is 6.43 Å². The monoisotopic (exact) mass is 318 g/mol. The summed E-state index contributed by atoms with van der Waals surface area (Å²) in [5.41, 5.74) is 3.40. The highest BCUT2D eigenvalue weighted by atomic mass is 32.2. The molecule has 0 amide bonds. The van der Waals surface area contributed by atoms with E-state index in [1.165, 1.54) is 0 Å². The Morgan fingerprint density at radius 2 is 2.10 bits per heavy atom. The van der Waals surface area contributed by atoms with Crippen LogP contribution in [0.4, 0.5) is 22.0 Å². The molecule has 20 heavy (non-hydrogen) atoms. The molecule has 1 rings (SSSR count). The van der Waals surface area contributed by atoms with E-state index >= 15 is 0 Å². The van der Waals surface area contributed by atoms with Gasteiger partial charge in [-0.1, -0.05) is 11.8 Å². The lowest BCUT2D eigenvalue weighted by atomic mass is 10.2. The molecule has 5 nitrogen and oxygen atoms in total. The van der Waals surface area contributed by atoms with Crippen LogP contribution in [0.2, 0.25) is 0 Å². The number of rotatable bonds is 5. The van der Waals surface area contributed by atoms with Crippen LogP contribution < -0.4 is 10.5 Å². The Hall–Kier alpha value is -1.52. The maximum absolute atomic E-state index is 12.8. The van der Waals surface area contributed by atoms with Crippen molar-refractivity contribution < 1.29 is 26.7 Å². The third kappa shape index (κ3) is 4.25. The van der Waals surface area contributed by atoms with Crippen LogP contribution in [0.25, 0.3) is 0 Å². The van der Waals surface area contributed by atoms with E-state index < -0.39 is 41.5 Å². The molecule has 0 fully saturated rings. The van der Waals surface area contributed by atoms with Crippen LogP contribution in [0.15, 0.2) is 0 Å². The summed E-state index contributed by atoms with van der Waals surface area (Å²) < 4.78 is 68.0. The largest absolute Gasteiger partial charge is 0.472 e. The van der Waals surface area contributed by atoms with E-state index in [0.717, 1.165) is 11.7 Å². The average molecular weight is 318 g/mol. The molecule has 0 aliphatic rings. The topological polar surface area (TPSA) is 76.9 Å². The van der Waals surface area contributed by atoms with Gasteiger partial charge in [0, 0.05) is 12.8 Å². The molecule has 0 unspecified atom stereocenters. The van der Waals surface area contributed by atoms with Crippen molar-refractivity contribution >= 4 is 16.9 Å². The van der Waals surface area contributed by atoms with Crippen LogP contribution in [-0.4, -0.2) is 28.0 Å². The molecule has 0 saturated carbocycles. The number of nitrogens with one attached hydrogen (secondary N) is 1. The Morgan fingerprint density at radius 1 is 1.50 bits per heavy atom. The number of alkyl halides is 5. The van der Waals surface area contributed by atoms with Crippen LogP contribution in [-0.2, 0) is 19.0 Å². The summed E-state index contributed by atoms with van der Waals surface area (Å²) in [4.78, 5) is 0. The smallest absolute Gasteiger partial charge is 0.435 e. The lowest BCUT2D eigenvalue weighted by molar-refractivity contribution is -0.141. The molecule has 1 aromatic heterocycles. The van der Waals surface area contributed by atoms with Crippen molar-refractivity contribution in [3.8, 4) is 5.88 Å². The van der Waals surface area contributed by atoms with Gasteiger partial charge in [-0.05, 0) is 0 Å². The lowest BCUT2D eigenvalue weighted by Crippen LogP contribution is -2.12. The van der Waals surface area contributed by atoms with Crippen molar-refractivity contribution in [3.63, 3.8) is 0 Å². The molecule has 114 valence electrons. The second-order valence-electron chi connectivity index (χ2n) is 3.61. The van der Waals surface area contributed by atoms with Crippen molar-refractivity contribution in [2.24, 2.45) is 12.8 Å². The van der Waals surface area contributed by atoms with Crippen molar-refractivity contribution in [2.75, 3.05) is 6.61 Å². The standard InChI is InChI=1S/C9H11F5N4OS/c1-18-7(19-2-5(10)11)4(3-20-8(15)16)6(17-18)9(12,13)14/h5H,2-3H2,1H3,(H3,15,16). The molecule has 1 heterocycles. The minimum atomic E-state index is -4.75. The molecule has 11 heteroatoms. The Balaban J connectivity index is 3.13. The summed E-state index contributed by atoms with van der Waals surface area (Å²) >= 11 is 0.617. The third-order valence-electron chi connectivity index (χ3n) is 2.07. The first-order valence-electron chi connectivity index (χ1n) is 5.13. The van der Waals surface area contributed by atoms with Gasteiger partial charge in [-0.3, -0.25) is 5.41 Å². The number of nitrogens with zero attached hydrogens (tertiary/aromatic N) is 2. The van der Waals surface area contributed by atoms with Gasteiger partial charge in [-0.15, -0.1) is 0 Å². The predicted octanol–water partition coefficient (Wildman–Crippen LogP) is 2.21. The number of ether oxygens (including phenoxy) is 1. The molecule has 0 atom stereocenters. The van der Waals surface area contributed by atoms with Gasteiger partial charge in [-0.2, -0.15) is 18.3 Å². The first-order valence-corrected chi connectivity index (χ1v) is 6.12. The van der Waals surface area contributed by atoms with Crippen LogP contribution in [0.5, 0.6) is 5.88 Å². The van der Waals surface area contributed by atoms with Gasteiger partial charge in [0.15, 0.2) is 17.5 Å². The summed E-state index contributed by atoms with van der Waals surface area (Å²) in [7, 11) is 1.15. The van der Waals surface area contributed by atoms with Gasteiger partial charge in [0.2, 0.25) is 5.88 Å². The fraction of sp³-hybridized carbons (Fsp3) is 0.556. The Labute approximate surface area is 114 Å². The van der Waals surface area contributed by atoms with Gasteiger partial charge in [0.1, 0.15) is 0 Å². The van der Waals surface area contributed by atoms with E-state index in [1.807, 2.05) is 0 Å². The van der Waals surface area contributed by atoms with E-state index in [2.05, 4.69) is 9.84 Å². The molecule has 3 N–H and O–H groups in total. The number of hydrogen-bond donors (Lipinski definition) is 2. The predicted molar refractivity (Wildman–Crippen MR) is 62.9 cm³/mol. The van der Waals surface area contributed by atoms with Crippen molar-refractivity contribution in [1.29, 1.82) is 5.41 Å². The SMILES string of the molecule is Cn1nc(C(F)(F)F)c(CSC(=N)N)c1OCC(F)F. The van der Waals surface area contributed by atoms with Crippen molar-refractivity contribution in [3.05, 3.63) is 11.3 Å². The molecule has 1 aromatic rings. The first-order chi connectivity index (χ1) is 9.12. The van der Waals surface area contributed by atoms with Crippen molar-refractivity contribution in [2.45, 2.75) is 18.4 Å². The average Bonchev–Trinajstić information content (AvgIpc) is 2.60. The Kier molecular flexibility index (Phi) is 5.20. The van der Waals surface area contributed by atoms with Crippen LogP contribution in [0.1, 0.15) is 11.3 Å². The maximum Gasteiger partial charge on any atom is 0.435 e. The van der Waals surface area contributed by atoms with E-state index in [-0.39, 0.29) is 5.75 Å². The van der Waals surface area contributed by atoms with E-state index in [1.54, 1.807) is 0 Å². The molecule has 0 aromatic carbocycles. The lowest BCUT2D eigenvalue weighted by Gasteiger charge is -2.09. The van der Waals surface area contributed by atoms with Crippen molar-refractivity contribution in [1.82, 2.24) is 9.78 Å². The molecule has 0 saturated heterocycles. The van der Waals surface area contributed by atoms with Gasteiger partial charge < -0.3 is 10.5 Å². The molecular formula is C9H11F5N4OS. The Bertz CT molecular complexity index is 487. The number of amidine groups is 1. The summed E-state index contributed by atoms with van der Waals surface area (Å²) in [6.07, 6.45) is -7.58. The summed E-state index contributed by atoms with van der Waals surface area (Å²) in [6, 6.07) is 0. The second-order valence-corrected chi connectivity index (χ2v) is 4.63. The minimum Gasteiger partial charge on any atom is -0.472 e. The summed E-state index contributed by atoms with van der Waals surface area (Å²) in [5.74, 6) is -0.761. The maximum atomic E-state index is 12.8. The molecular weight excluding hydrogens is 307 g/mol. The Morgan fingerprint density at radius 3 is 2.55 bits per heavy atom. The van der Waals surface area contributed by atoms with Gasteiger partial charge >= 0.3 is 6.18 Å². The molecule has 0 spiro atoms. The number of aromatic nitrogens is 2. The molecule has 0 aliphatic carbocycles. The zero-order valence-electron chi connectivity index (χ0n) is 10.2. The number of thioether (sulfide) groups is 1. The van der Waals surface area contributed by atoms with E-state index in [9.17, 15) is 22.0 Å². The summed E-state index contributed by atoms with van der Waals surface area (Å²) in [6.45, 7) is -1.05. The first kappa shape index (κ1) is 16.5. The van der Waals surface area contributed by atoms with Crippen LogP contribution >= 0.6 is 11.8 Å². The van der Waals surface area contributed by atoms with Gasteiger partial charge in [0.05, 0.1) is 5.56 Å². The third-order valence-corrected chi connectivity index (χ3v) is 2.82. The number of halogens is 5. The molecule has 0 bridgehead atoms. The fourth-order valence-corrected chi connectivity index (χ4v) is 1.94. The summed E-state index contributed by atoms with van der Waals surface area (Å²) in [5, 5.41) is 9.82. The molecule has 0 radical (unpaired) electrons. The number of nitrogens with two attached hydrogens (primary N) is 1. The van der Waals surface area contributed by atoms with Crippen LogP contribution in [0.3, 0.4) is 0 Å². The minimum absolute atomic E-state index is 0.351. The normalized spacial score (nSPS) is 11.9. The van der Waals surface area contributed by atoms with Crippen LogP contribution in [0, 0.1) is 5.41 Å². The number of hydrogen-bond acceptors (Lipinski definition) is 4. The highest BCUT2D eigenvalue weighted by Gasteiger charge is 2.39. The highest BCUT2D eigenvalue weighted by molar-refractivity contribution is 8.13. The van der Waals surface area contributed by atoms with Gasteiger partial charge in [-0.25, -0.2) is 13.5 Å². The van der Waals surface area contributed by atoms with E-state index in [4.69, 9.17) is 11.1 Å². The fourth-order valence-electron chi connectivity index (χ4n) is 1.38. The highest BCUT2D eigenvalue weighted by Crippen LogP contribution is 2.37.